The number of hydrogen-bond donors (Lipinski definition) is 0. The maximum Gasteiger partial charge on any atom is 0.250 e. The Morgan fingerprint density at radius 3 is 1.62 bits per heavy atom. The third-order valence-corrected chi connectivity index (χ3v) is 5.15. The van der Waals surface area contributed by atoms with Gasteiger partial charge in [-0.15, -0.1) is 0 Å². The van der Waals surface area contributed by atoms with E-state index in [0.717, 1.165) is 23.3 Å². The first-order chi connectivity index (χ1) is 15.1. The first kappa shape index (κ1) is 25.4. The molecule has 4 nitrogen and oxygen atoms in total. The van der Waals surface area contributed by atoms with Gasteiger partial charge in [-0.25, -0.2) is 15.0 Å². The quantitative estimate of drug-likeness (QED) is 0.229. The van der Waals surface area contributed by atoms with Gasteiger partial charge < -0.3 is 4.74 Å². The second kappa shape index (κ2) is 10.8. The molecule has 0 amide bonds. The molecule has 1 aromatic heterocycles. The third-order valence-electron chi connectivity index (χ3n) is 4.13. The Kier molecular flexibility index (Phi) is 8.53. The van der Waals surface area contributed by atoms with Gasteiger partial charge in [0.25, 0.3) is 0 Å². The largest absolute Gasteiger partial charge is 0.494 e. The van der Waals surface area contributed by atoms with Crippen molar-refractivity contribution >= 4 is 81.8 Å². The van der Waals surface area contributed by atoms with Gasteiger partial charge in [0, 0.05) is 5.56 Å². The second-order valence-electron chi connectivity index (χ2n) is 6.67. The molecule has 168 valence electrons. The molecule has 32 heavy (non-hydrogen) atoms. The van der Waals surface area contributed by atoms with E-state index in [9.17, 15) is 0 Å². The topological polar surface area (TPSA) is 47.9 Å². The lowest BCUT2D eigenvalue weighted by molar-refractivity contribution is 0.317. The molecule has 3 aromatic rings. The summed E-state index contributed by atoms with van der Waals surface area (Å²) < 4.78 is 1.80. The van der Waals surface area contributed by atoms with E-state index in [1.165, 1.54) is 0 Å². The minimum absolute atomic E-state index is 0.135. The summed E-state index contributed by atoms with van der Waals surface area (Å²) in [4.78, 5) is 12.4. The molecule has 3 rings (SSSR count). The minimum Gasteiger partial charge on any atom is -0.494 e. The Balaban J connectivity index is 1.81. The van der Waals surface area contributed by atoms with Gasteiger partial charge in [-0.3, -0.25) is 0 Å². The molecule has 0 atom stereocenters. The van der Waals surface area contributed by atoms with Crippen molar-refractivity contribution in [1.29, 1.82) is 0 Å². The van der Waals surface area contributed by atoms with Crippen LogP contribution in [0.3, 0.4) is 0 Å². The van der Waals surface area contributed by atoms with Crippen LogP contribution in [0, 0.1) is 0 Å². The molecule has 2 aromatic carbocycles. The Labute approximate surface area is 216 Å². The van der Waals surface area contributed by atoms with E-state index in [2.05, 4.69) is 21.9 Å². The van der Waals surface area contributed by atoms with Crippen molar-refractivity contribution in [1.82, 2.24) is 15.0 Å². The van der Waals surface area contributed by atoms with Crippen LogP contribution in [0.4, 0.5) is 0 Å². The van der Waals surface area contributed by atoms with Crippen LogP contribution in [0.2, 0.25) is 0 Å². The van der Waals surface area contributed by atoms with Crippen LogP contribution in [0.5, 0.6) is 5.75 Å². The molecule has 0 aliphatic heterocycles. The van der Waals surface area contributed by atoms with Gasteiger partial charge in [0.1, 0.15) is 5.75 Å². The zero-order valence-corrected chi connectivity index (χ0v) is 21.2. The zero-order valence-electron chi connectivity index (χ0n) is 16.7. The van der Waals surface area contributed by atoms with E-state index < -0.39 is 7.59 Å². The molecule has 0 bridgehead atoms. The van der Waals surface area contributed by atoms with Crippen LogP contribution in [0.15, 0.2) is 48.5 Å². The summed E-state index contributed by atoms with van der Waals surface area (Å²) in [6.45, 7) is 2.78. The third kappa shape index (κ3) is 7.11. The zero-order chi connectivity index (χ0) is 23.4. The van der Waals surface area contributed by atoms with Crippen molar-refractivity contribution < 1.29 is 4.74 Å². The van der Waals surface area contributed by atoms with Gasteiger partial charge >= 0.3 is 0 Å². The summed E-state index contributed by atoms with van der Waals surface area (Å²) in [6, 6.07) is 15.3. The fourth-order valence-electron chi connectivity index (χ4n) is 2.59. The highest BCUT2D eigenvalue weighted by Gasteiger charge is 2.34. The predicted molar refractivity (Wildman–Crippen MR) is 135 cm³/mol. The molecular formula is C22H17Cl6N3O. The monoisotopic (exact) mass is 549 g/mol. The standard InChI is InChI=1S/C22H17Cl6N3O/c1-2-13-32-17-11-7-15(8-12-17)4-3-14-5-9-16(10-6-14)18-29-19(21(23,24)25)31-20(30-18)22(26,27)28/h3-12H,2,13H2,1H3. The number of ether oxygens (including phenoxy) is 1. The van der Waals surface area contributed by atoms with Crippen LogP contribution >= 0.6 is 69.6 Å². The highest BCUT2D eigenvalue weighted by atomic mass is 35.6. The van der Waals surface area contributed by atoms with E-state index >= 15 is 0 Å². The molecule has 0 aliphatic rings. The number of halogens is 6. The van der Waals surface area contributed by atoms with Crippen LogP contribution in [0.25, 0.3) is 23.5 Å². The van der Waals surface area contributed by atoms with E-state index in [1.54, 1.807) is 0 Å². The average molecular weight is 552 g/mol. The van der Waals surface area contributed by atoms with Gasteiger partial charge in [0.15, 0.2) is 17.5 Å². The first-order valence-electron chi connectivity index (χ1n) is 9.48. The normalized spacial score (nSPS) is 12.3. The Morgan fingerprint density at radius 2 is 1.19 bits per heavy atom. The van der Waals surface area contributed by atoms with Crippen molar-refractivity contribution in [2.24, 2.45) is 0 Å². The summed E-state index contributed by atoms with van der Waals surface area (Å²) >= 11 is 35.6. The number of alkyl halides is 6. The van der Waals surface area contributed by atoms with Crippen LogP contribution in [0.1, 0.15) is 36.1 Å². The lowest BCUT2D eigenvalue weighted by atomic mass is 10.1. The van der Waals surface area contributed by atoms with E-state index in [4.69, 9.17) is 74.3 Å². The lowest BCUT2D eigenvalue weighted by Crippen LogP contribution is -2.16. The van der Waals surface area contributed by atoms with Crippen LogP contribution < -0.4 is 4.74 Å². The van der Waals surface area contributed by atoms with Crippen molar-refractivity contribution in [2.45, 2.75) is 20.9 Å². The molecule has 0 saturated heterocycles. The van der Waals surface area contributed by atoms with Gasteiger partial charge in [-0.1, -0.05) is 125 Å². The maximum absolute atomic E-state index is 5.93. The Bertz CT molecular complexity index is 1040. The minimum atomic E-state index is -1.90. The lowest BCUT2D eigenvalue weighted by Gasteiger charge is -2.15. The van der Waals surface area contributed by atoms with Crippen molar-refractivity contribution in [2.75, 3.05) is 6.61 Å². The van der Waals surface area contributed by atoms with E-state index in [1.807, 2.05) is 60.7 Å². The fraction of sp³-hybridized carbons (Fsp3) is 0.227. The highest BCUT2D eigenvalue weighted by molar-refractivity contribution is 6.67. The Morgan fingerprint density at radius 1 is 0.719 bits per heavy atom. The maximum atomic E-state index is 5.93. The van der Waals surface area contributed by atoms with Gasteiger partial charge in [-0.05, 0) is 29.7 Å². The molecular weight excluding hydrogens is 535 g/mol. The number of aromatic nitrogens is 3. The summed E-state index contributed by atoms with van der Waals surface area (Å²) in [5.41, 5.74) is 2.67. The molecule has 0 radical (unpaired) electrons. The van der Waals surface area contributed by atoms with Crippen LogP contribution in [-0.2, 0) is 7.59 Å². The molecule has 0 fully saturated rings. The molecule has 0 unspecified atom stereocenters. The predicted octanol–water partition coefficient (Wildman–Crippen LogP) is 8.15. The molecule has 1 heterocycles. The number of nitrogens with zero attached hydrogens (tertiary/aromatic N) is 3. The van der Waals surface area contributed by atoms with Gasteiger partial charge in [0.2, 0.25) is 7.59 Å². The molecule has 0 N–H and O–H groups in total. The summed E-state index contributed by atoms with van der Waals surface area (Å²) in [5.74, 6) is 0.809. The summed E-state index contributed by atoms with van der Waals surface area (Å²) in [6.07, 6.45) is 4.96. The summed E-state index contributed by atoms with van der Waals surface area (Å²) in [7, 11) is 0. The molecule has 0 saturated carbocycles. The number of rotatable bonds is 6. The molecule has 0 spiro atoms. The van der Waals surface area contributed by atoms with Gasteiger partial charge in [-0.2, -0.15) is 0 Å². The van der Waals surface area contributed by atoms with Crippen molar-refractivity contribution in [3.63, 3.8) is 0 Å². The van der Waals surface area contributed by atoms with Gasteiger partial charge in [0.05, 0.1) is 6.61 Å². The van der Waals surface area contributed by atoms with E-state index in [-0.39, 0.29) is 17.5 Å². The fourth-order valence-corrected chi connectivity index (χ4v) is 3.10. The average Bonchev–Trinajstić information content (AvgIpc) is 2.76. The second-order valence-corrected chi connectivity index (χ2v) is 11.2. The molecule has 10 heteroatoms. The number of hydrogen-bond acceptors (Lipinski definition) is 4. The molecule has 0 aliphatic carbocycles. The Hall–Kier alpha value is -1.27. The summed E-state index contributed by atoms with van der Waals surface area (Å²) in [5, 5.41) is 0. The first-order valence-corrected chi connectivity index (χ1v) is 11.7. The van der Waals surface area contributed by atoms with E-state index in [0.29, 0.717) is 12.2 Å². The SMILES string of the molecule is CCCOc1ccc(C=Cc2ccc(-c3nc(C(Cl)(Cl)Cl)nc(C(Cl)(Cl)Cl)n3)cc2)cc1. The van der Waals surface area contributed by atoms with Crippen molar-refractivity contribution in [3.8, 4) is 17.1 Å². The van der Waals surface area contributed by atoms with Crippen molar-refractivity contribution in [3.05, 3.63) is 71.3 Å². The highest BCUT2D eigenvalue weighted by Crippen LogP contribution is 2.40. The number of benzene rings is 2. The smallest absolute Gasteiger partial charge is 0.250 e. The van der Waals surface area contributed by atoms with Crippen LogP contribution in [-0.4, -0.2) is 21.6 Å².